The highest BCUT2D eigenvalue weighted by Crippen LogP contribution is 2.23. The summed E-state index contributed by atoms with van der Waals surface area (Å²) in [5.74, 6) is 1.10. The SMILES string of the molecule is CCCCN(CCCC)c1c(C(=N)N)c(C)nn1C. The third-order valence-electron chi connectivity index (χ3n) is 3.32. The first-order valence-corrected chi connectivity index (χ1v) is 7.15. The van der Waals surface area contributed by atoms with Crippen LogP contribution in [-0.2, 0) is 7.05 Å². The lowest BCUT2D eigenvalue weighted by Gasteiger charge is -2.25. The molecule has 108 valence electrons. The molecule has 0 radical (unpaired) electrons. The van der Waals surface area contributed by atoms with Gasteiger partial charge in [-0.15, -0.1) is 0 Å². The zero-order valence-corrected chi connectivity index (χ0v) is 12.7. The molecule has 0 bridgehead atoms. The molecule has 0 aliphatic carbocycles. The van der Waals surface area contributed by atoms with Gasteiger partial charge in [0.05, 0.1) is 11.3 Å². The van der Waals surface area contributed by atoms with E-state index in [0.717, 1.165) is 55.8 Å². The van der Waals surface area contributed by atoms with E-state index < -0.39 is 0 Å². The number of anilines is 1. The molecule has 0 saturated carbocycles. The average molecular weight is 265 g/mol. The van der Waals surface area contributed by atoms with Crippen LogP contribution in [0.1, 0.15) is 50.8 Å². The number of hydrogen-bond acceptors (Lipinski definition) is 3. The number of nitrogen functional groups attached to an aromatic ring is 1. The van der Waals surface area contributed by atoms with E-state index in [0.29, 0.717) is 0 Å². The van der Waals surface area contributed by atoms with Gasteiger partial charge in [0.25, 0.3) is 0 Å². The number of rotatable bonds is 8. The number of unbranched alkanes of at least 4 members (excludes halogenated alkanes) is 2. The van der Waals surface area contributed by atoms with Gasteiger partial charge in [0.2, 0.25) is 0 Å². The monoisotopic (exact) mass is 265 g/mol. The Kier molecular flexibility index (Phi) is 5.86. The van der Waals surface area contributed by atoms with Gasteiger partial charge in [-0.3, -0.25) is 10.1 Å². The summed E-state index contributed by atoms with van der Waals surface area (Å²) in [5.41, 5.74) is 7.35. The second kappa shape index (κ2) is 7.16. The number of aromatic nitrogens is 2. The van der Waals surface area contributed by atoms with Crippen LogP contribution in [0.5, 0.6) is 0 Å². The third kappa shape index (κ3) is 3.72. The Labute approximate surface area is 116 Å². The molecule has 0 spiro atoms. The van der Waals surface area contributed by atoms with Crippen LogP contribution in [0, 0.1) is 12.3 Å². The Morgan fingerprint density at radius 2 is 1.79 bits per heavy atom. The first kappa shape index (κ1) is 15.5. The minimum Gasteiger partial charge on any atom is -0.384 e. The minimum atomic E-state index is 0.110. The summed E-state index contributed by atoms with van der Waals surface area (Å²) in [6, 6.07) is 0. The largest absolute Gasteiger partial charge is 0.384 e. The zero-order chi connectivity index (χ0) is 14.4. The lowest BCUT2D eigenvalue weighted by atomic mass is 10.2. The molecule has 0 unspecified atom stereocenters. The van der Waals surface area contributed by atoms with Gasteiger partial charge in [-0.2, -0.15) is 5.10 Å². The van der Waals surface area contributed by atoms with Crippen LogP contribution in [0.15, 0.2) is 0 Å². The molecule has 0 saturated heterocycles. The molecule has 1 heterocycles. The van der Waals surface area contributed by atoms with Crippen molar-refractivity contribution in [2.24, 2.45) is 12.8 Å². The molecule has 0 fully saturated rings. The van der Waals surface area contributed by atoms with Crippen molar-refractivity contribution in [2.75, 3.05) is 18.0 Å². The predicted octanol–water partition coefficient (Wildman–Crippen LogP) is 2.42. The van der Waals surface area contributed by atoms with Gasteiger partial charge in [-0.25, -0.2) is 0 Å². The summed E-state index contributed by atoms with van der Waals surface area (Å²) < 4.78 is 1.86. The topological polar surface area (TPSA) is 70.9 Å². The van der Waals surface area contributed by atoms with Crippen LogP contribution >= 0.6 is 0 Å². The second-order valence-corrected chi connectivity index (χ2v) is 5.02. The summed E-state index contributed by atoms with van der Waals surface area (Å²) in [6.07, 6.45) is 4.61. The normalized spacial score (nSPS) is 10.7. The van der Waals surface area contributed by atoms with Crippen molar-refractivity contribution in [2.45, 2.75) is 46.5 Å². The quantitative estimate of drug-likeness (QED) is 0.560. The molecule has 5 heteroatoms. The van der Waals surface area contributed by atoms with Gasteiger partial charge in [0, 0.05) is 20.1 Å². The maximum absolute atomic E-state index is 7.78. The van der Waals surface area contributed by atoms with E-state index in [4.69, 9.17) is 11.1 Å². The molecule has 19 heavy (non-hydrogen) atoms. The molecule has 3 N–H and O–H groups in total. The van der Waals surface area contributed by atoms with Crippen molar-refractivity contribution in [3.63, 3.8) is 0 Å². The molecule has 0 amide bonds. The van der Waals surface area contributed by atoms with Crippen LogP contribution in [0.25, 0.3) is 0 Å². The zero-order valence-electron chi connectivity index (χ0n) is 12.7. The van der Waals surface area contributed by atoms with Crippen molar-refractivity contribution in [3.8, 4) is 0 Å². The maximum atomic E-state index is 7.78. The van der Waals surface area contributed by atoms with Crippen LogP contribution in [0.4, 0.5) is 5.82 Å². The number of nitrogens with one attached hydrogen (secondary N) is 1. The molecule has 1 rings (SSSR count). The van der Waals surface area contributed by atoms with Crippen molar-refractivity contribution in [1.29, 1.82) is 5.41 Å². The van der Waals surface area contributed by atoms with Crippen LogP contribution in [0.3, 0.4) is 0 Å². The fraction of sp³-hybridized carbons (Fsp3) is 0.714. The Morgan fingerprint density at radius 3 is 2.21 bits per heavy atom. The molecule has 0 aliphatic rings. The van der Waals surface area contributed by atoms with Crippen LogP contribution < -0.4 is 10.6 Å². The number of hydrogen-bond donors (Lipinski definition) is 2. The summed E-state index contributed by atoms with van der Waals surface area (Å²) in [6.45, 7) is 8.29. The third-order valence-corrected chi connectivity index (χ3v) is 3.32. The number of nitrogens with two attached hydrogens (primary N) is 1. The molecular formula is C14H27N5. The Hall–Kier alpha value is -1.52. The smallest absolute Gasteiger partial charge is 0.137 e. The van der Waals surface area contributed by atoms with Crippen molar-refractivity contribution in [3.05, 3.63) is 11.3 Å². The van der Waals surface area contributed by atoms with E-state index in [1.54, 1.807) is 0 Å². The van der Waals surface area contributed by atoms with Crippen LogP contribution in [-0.4, -0.2) is 28.7 Å². The van der Waals surface area contributed by atoms with Gasteiger partial charge in [-0.1, -0.05) is 26.7 Å². The van der Waals surface area contributed by atoms with E-state index in [9.17, 15) is 0 Å². The summed E-state index contributed by atoms with van der Waals surface area (Å²) >= 11 is 0. The highest BCUT2D eigenvalue weighted by Gasteiger charge is 2.20. The Bertz CT molecular complexity index is 414. The molecule has 0 aromatic carbocycles. The maximum Gasteiger partial charge on any atom is 0.137 e. The van der Waals surface area contributed by atoms with Crippen LogP contribution in [0.2, 0.25) is 0 Å². The summed E-state index contributed by atoms with van der Waals surface area (Å²) in [4.78, 5) is 2.32. The molecular weight excluding hydrogens is 238 g/mol. The Balaban J connectivity index is 3.09. The van der Waals surface area contributed by atoms with Gasteiger partial charge in [-0.05, 0) is 19.8 Å². The highest BCUT2D eigenvalue weighted by molar-refractivity contribution is 6.00. The lowest BCUT2D eigenvalue weighted by Crippen LogP contribution is -2.30. The molecule has 5 nitrogen and oxygen atoms in total. The number of amidine groups is 1. The standard InChI is InChI=1S/C14H27N5/c1-5-7-9-19(10-8-6-2)14-12(13(15)16)11(3)17-18(14)4/h5-10H2,1-4H3,(H3,15,16). The van der Waals surface area contributed by atoms with E-state index in [-0.39, 0.29) is 5.84 Å². The van der Waals surface area contributed by atoms with Gasteiger partial charge in [0.1, 0.15) is 11.7 Å². The van der Waals surface area contributed by atoms with E-state index in [1.165, 1.54) is 0 Å². The van der Waals surface area contributed by atoms with Crippen molar-refractivity contribution < 1.29 is 0 Å². The average Bonchev–Trinajstić information content (AvgIpc) is 2.65. The lowest BCUT2D eigenvalue weighted by molar-refractivity contribution is 0.642. The van der Waals surface area contributed by atoms with E-state index in [2.05, 4.69) is 23.8 Å². The van der Waals surface area contributed by atoms with Crippen molar-refractivity contribution >= 4 is 11.7 Å². The number of aryl methyl sites for hydroxylation is 2. The van der Waals surface area contributed by atoms with Crippen molar-refractivity contribution in [1.82, 2.24) is 9.78 Å². The molecule has 0 atom stereocenters. The summed E-state index contributed by atoms with van der Waals surface area (Å²) in [7, 11) is 1.93. The number of nitrogens with zero attached hydrogens (tertiary/aromatic N) is 3. The highest BCUT2D eigenvalue weighted by atomic mass is 15.4. The second-order valence-electron chi connectivity index (χ2n) is 5.02. The fourth-order valence-electron chi connectivity index (χ4n) is 2.35. The summed E-state index contributed by atoms with van der Waals surface area (Å²) in [5, 5.41) is 12.2. The van der Waals surface area contributed by atoms with E-state index in [1.807, 2.05) is 18.7 Å². The minimum absolute atomic E-state index is 0.110. The molecule has 1 aromatic rings. The van der Waals surface area contributed by atoms with Gasteiger partial charge < -0.3 is 10.6 Å². The molecule has 1 aromatic heterocycles. The van der Waals surface area contributed by atoms with Gasteiger partial charge >= 0.3 is 0 Å². The van der Waals surface area contributed by atoms with Gasteiger partial charge in [0.15, 0.2) is 0 Å². The fourth-order valence-corrected chi connectivity index (χ4v) is 2.35. The Morgan fingerprint density at radius 1 is 1.26 bits per heavy atom. The molecule has 0 aliphatic heterocycles. The van der Waals surface area contributed by atoms with E-state index >= 15 is 0 Å². The predicted molar refractivity (Wildman–Crippen MR) is 81.0 cm³/mol. The first-order chi connectivity index (χ1) is 9.02. The first-order valence-electron chi connectivity index (χ1n) is 7.15.